The van der Waals surface area contributed by atoms with Crippen molar-refractivity contribution >= 4 is 11.6 Å². The van der Waals surface area contributed by atoms with Gasteiger partial charge in [-0.1, -0.05) is 31.2 Å². The van der Waals surface area contributed by atoms with Crippen LogP contribution in [-0.2, 0) is 11.3 Å². The predicted molar refractivity (Wildman–Crippen MR) is 115 cm³/mol. The highest BCUT2D eigenvalue weighted by molar-refractivity contribution is 5.94. The van der Waals surface area contributed by atoms with Gasteiger partial charge in [-0.15, -0.1) is 0 Å². The van der Waals surface area contributed by atoms with Crippen molar-refractivity contribution in [2.45, 2.75) is 52.1 Å². The number of rotatable bonds is 7. The maximum atomic E-state index is 14.2. The van der Waals surface area contributed by atoms with Crippen LogP contribution in [0.3, 0.4) is 0 Å². The summed E-state index contributed by atoms with van der Waals surface area (Å²) >= 11 is 0. The van der Waals surface area contributed by atoms with Crippen molar-refractivity contribution in [1.82, 2.24) is 4.90 Å². The Morgan fingerprint density at radius 3 is 2.59 bits per heavy atom. The van der Waals surface area contributed by atoms with E-state index in [1.165, 1.54) is 11.6 Å². The van der Waals surface area contributed by atoms with E-state index in [0.717, 1.165) is 44.6 Å². The molecule has 1 aliphatic rings. The van der Waals surface area contributed by atoms with Gasteiger partial charge >= 0.3 is 0 Å². The van der Waals surface area contributed by atoms with Crippen LogP contribution in [-0.4, -0.2) is 37.0 Å². The van der Waals surface area contributed by atoms with Crippen LogP contribution in [0.15, 0.2) is 42.5 Å². The van der Waals surface area contributed by atoms with Crippen LogP contribution in [0.4, 0.5) is 10.1 Å². The monoisotopic (exact) mass is 398 g/mol. The van der Waals surface area contributed by atoms with Crippen molar-refractivity contribution in [1.29, 1.82) is 0 Å². The standard InChI is InChI=1S/C24H31FN2O2/c1-4-7-24(28)27(21-11-10-18(2)22(25)16-21)20-12-14-26(15-13-20)17-19-8-5-6-9-23(19)29-3/h5-6,8-11,16,20H,4,7,12-15,17H2,1-3H3. The number of amides is 1. The van der Waals surface area contributed by atoms with Crippen molar-refractivity contribution in [3.05, 3.63) is 59.4 Å². The lowest BCUT2D eigenvalue weighted by Crippen LogP contribution is -2.47. The fourth-order valence-corrected chi connectivity index (χ4v) is 4.03. The molecule has 2 aromatic rings. The third kappa shape index (κ3) is 5.15. The van der Waals surface area contributed by atoms with Gasteiger partial charge in [-0.2, -0.15) is 0 Å². The lowest BCUT2D eigenvalue weighted by Gasteiger charge is -2.39. The number of halogens is 1. The highest BCUT2D eigenvalue weighted by Crippen LogP contribution is 2.28. The van der Waals surface area contributed by atoms with E-state index < -0.39 is 0 Å². The molecule has 1 heterocycles. The van der Waals surface area contributed by atoms with Crippen LogP contribution in [0.25, 0.3) is 0 Å². The van der Waals surface area contributed by atoms with Crippen molar-refractivity contribution in [3.8, 4) is 5.75 Å². The van der Waals surface area contributed by atoms with Gasteiger partial charge < -0.3 is 9.64 Å². The first kappa shape index (κ1) is 21.3. The van der Waals surface area contributed by atoms with E-state index in [4.69, 9.17) is 4.74 Å². The summed E-state index contributed by atoms with van der Waals surface area (Å²) < 4.78 is 19.6. The van der Waals surface area contributed by atoms with Gasteiger partial charge in [0.1, 0.15) is 11.6 Å². The molecule has 4 nitrogen and oxygen atoms in total. The van der Waals surface area contributed by atoms with E-state index in [1.54, 1.807) is 20.1 Å². The normalized spacial score (nSPS) is 15.3. The van der Waals surface area contributed by atoms with E-state index >= 15 is 0 Å². The summed E-state index contributed by atoms with van der Waals surface area (Å²) in [6.45, 7) is 6.37. The van der Waals surface area contributed by atoms with E-state index in [-0.39, 0.29) is 17.8 Å². The maximum absolute atomic E-state index is 14.2. The molecule has 0 saturated carbocycles. The summed E-state index contributed by atoms with van der Waals surface area (Å²) in [6.07, 6.45) is 3.02. The van der Waals surface area contributed by atoms with Crippen LogP contribution >= 0.6 is 0 Å². The molecule has 0 atom stereocenters. The first-order chi connectivity index (χ1) is 14.0. The van der Waals surface area contributed by atoms with Gasteiger partial charge in [0.05, 0.1) is 7.11 Å². The largest absolute Gasteiger partial charge is 0.496 e. The molecule has 0 radical (unpaired) electrons. The van der Waals surface area contributed by atoms with Crippen molar-refractivity contribution in [2.75, 3.05) is 25.1 Å². The summed E-state index contributed by atoms with van der Waals surface area (Å²) in [7, 11) is 1.70. The van der Waals surface area contributed by atoms with E-state index in [0.29, 0.717) is 17.7 Å². The molecule has 0 unspecified atom stereocenters. The summed E-state index contributed by atoms with van der Waals surface area (Å²) in [5, 5.41) is 0. The van der Waals surface area contributed by atoms with Crippen molar-refractivity contribution < 1.29 is 13.9 Å². The quantitative estimate of drug-likeness (QED) is 0.662. The number of hydrogen-bond acceptors (Lipinski definition) is 3. The SMILES string of the molecule is CCCC(=O)N(c1ccc(C)c(F)c1)C1CCN(Cc2ccccc2OC)CC1. The Labute approximate surface area is 173 Å². The lowest BCUT2D eigenvalue weighted by atomic mass is 10.00. The Balaban J connectivity index is 1.71. The number of carbonyl (C=O) groups is 1. The number of ether oxygens (including phenoxy) is 1. The number of methoxy groups -OCH3 is 1. The number of piperidine rings is 1. The average molecular weight is 399 g/mol. The number of aryl methyl sites for hydroxylation is 1. The zero-order valence-corrected chi connectivity index (χ0v) is 17.7. The highest BCUT2D eigenvalue weighted by atomic mass is 19.1. The topological polar surface area (TPSA) is 32.8 Å². The number of carbonyl (C=O) groups excluding carboxylic acids is 1. The molecule has 0 N–H and O–H groups in total. The minimum absolute atomic E-state index is 0.0823. The first-order valence-corrected chi connectivity index (χ1v) is 10.5. The molecule has 156 valence electrons. The summed E-state index contributed by atoms with van der Waals surface area (Å²) in [4.78, 5) is 17.1. The molecule has 1 aliphatic heterocycles. The number of hydrogen-bond donors (Lipinski definition) is 0. The maximum Gasteiger partial charge on any atom is 0.227 e. The van der Waals surface area contributed by atoms with Crippen LogP contribution in [0.2, 0.25) is 0 Å². The third-order valence-electron chi connectivity index (χ3n) is 5.67. The second-order valence-electron chi connectivity index (χ2n) is 7.77. The number of likely N-dealkylation sites (tertiary alicyclic amines) is 1. The summed E-state index contributed by atoms with van der Waals surface area (Å²) in [5.74, 6) is 0.730. The van der Waals surface area contributed by atoms with Gasteiger partial charge in [0.25, 0.3) is 0 Å². The Bertz CT molecular complexity index is 831. The van der Waals surface area contributed by atoms with Gasteiger partial charge in [-0.25, -0.2) is 4.39 Å². The van der Waals surface area contributed by atoms with Crippen LogP contribution in [0.5, 0.6) is 5.75 Å². The number of nitrogens with zero attached hydrogens (tertiary/aromatic N) is 2. The Kier molecular flexibility index (Phi) is 7.26. The molecule has 3 rings (SSSR count). The van der Waals surface area contributed by atoms with Gasteiger partial charge in [-0.05, 0) is 49.9 Å². The van der Waals surface area contributed by atoms with Crippen LogP contribution in [0, 0.1) is 12.7 Å². The minimum atomic E-state index is -0.259. The van der Waals surface area contributed by atoms with E-state index in [9.17, 15) is 9.18 Å². The van der Waals surface area contributed by atoms with Gasteiger partial charge in [0, 0.05) is 43.3 Å². The Hall–Kier alpha value is -2.40. The average Bonchev–Trinajstić information content (AvgIpc) is 2.73. The molecule has 0 spiro atoms. The Morgan fingerprint density at radius 2 is 1.93 bits per heavy atom. The van der Waals surface area contributed by atoms with Crippen LogP contribution < -0.4 is 9.64 Å². The van der Waals surface area contributed by atoms with Gasteiger partial charge in [0.15, 0.2) is 0 Å². The molecule has 0 aromatic heterocycles. The highest BCUT2D eigenvalue weighted by Gasteiger charge is 2.29. The number of anilines is 1. The fraction of sp³-hybridized carbons (Fsp3) is 0.458. The molecule has 1 fully saturated rings. The molecule has 1 saturated heterocycles. The van der Waals surface area contributed by atoms with Gasteiger partial charge in [0.2, 0.25) is 5.91 Å². The van der Waals surface area contributed by atoms with Gasteiger partial charge in [-0.3, -0.25) is 9.69 Å². The second-order valence-corrected chi connectivity index (χ2v) is 7.77. The molecular formula is C24H31FN2O2. The second kappa shape index (κ2) is 9.88. The van der Waals surface area contributed by atoms with Crippen LogP contribution in [0.1, 0.15) is 43.7 Å². The Morgan fingerprint density at radius 1 is 1.21 bits per heavy atom. The van der Waals surface area contributed by atoms with Crippen molar-refractivity contribution in [2.24, 2.45) is 0 Å². The number of benzene rings is 2. The predicted octanol–water partition coefficient (Wildman–Crippen LogP) is 4.94. The van der Waals surface area contributed by atoms with E-state index in [1.807, 2.05) is 36.1 Å². The van der Waals surface area contributed by atoms with E-state index in [2.05, 4.69) is 11.0 Å². The summed E-state index contributed by atoms with van der Waals surface area (Å²) in [6, 6.07) is 13.3. The third-order valence-corrected chi connectivity index (χ3v) is 5.67. The molecular weight excluding hydrogens is 367 g/mol. The van der Waals surface area contributed by atoms with Crippen molar-refractivity contribution in [3.63, 3.8) is 0 Å². The molecule has 1 amide bonds. The first-order valence-electron chi connectivity index (χ1n) is 10.5. The zero-order valence-electron chi connectivity index (χ0n) is 17.7. The minimum Gasteiger partial charge on any atom is -0.496 e. The number of para-hydroxylation sites is 1. The summed E-state index contributed by atoms with van der Waals surface area (Å²) in [5.41, 5.74) is 2.45. The molecule has 29 heavy (non-hydrogen) atoms. The fourth-order valence-electron chi connectivity index (χ4n) is 4.03. The smallest absolute Gasteiger partial charge is 0.227 e. The molecule has 0 bridgehead atoms. The molecule has 5 heteroatoms. The molecule has 2 aromatic carbocycles. The zero-order chi connectivity index (χ0) is 20.8. The molecule has 0 aliphatic carbocycles. The lowest BCUT2D eigenvalue weighted by molar-refractivity contribution is -0.119.